The maximum absolute atomic E-state index is 12.4. The number of nitriles is 1. The molecule has 1 atom stereocenters. The van der Waals surface area contributed by atoms with Crippen LogP contribution < -0.4 is 10.6 Å². The summed E-state index contributed by atoms with van der Waals surface area (Å²) >= 11 is 0. The third-order valence-electron chi connectivity index (χ3n) is 5.00. The molecule has 1 aromatic carbocycles. The molecule has 24 heavy (non-hydrogen) atoms. The average molecular weight is 327 g/mol. The van der Waals surface area contributed by atoms with Crippen molar-refractivity contribution < 1.29 is 4.79 Å². The van der Waals surface area contributed by atoms with Crippen molar-refractivity contribution in [1.82, 2.24) is 20.4 Å². The molecule has 2 aliphatic rings. The van der Waals surface area contributed by atoms with Crippen LogP contribution in [0.2, 0.25) is 0 Å². The van der Waals surface area contributed by atoms with Gasteiger partial charge in [0.1, 0.15) is 6.04 Å². The van der Waals surface area contributed by atoms with Crippen LogP contribution in [0.4, 0.5) is 0 Å². The minimum Gasteiger partial charge on any atom is -0.358 e. The molecule has 2 fully saturated rings. The Morgan fingerprint density at radius 1 is 1.29 bits per heavy atom. The maximum atomic E-state index is 12.4. The van der Waals surface area contributed by atoms with E-state index >= 15 is 0 Å². The second-order valence-corrected chi connectivity index (χ2v) is 6.61. The van der Waals surface area contributed by atoms with E-state index in [4.69, 9.17) is 5.26 Å². The average Bonchev–Trinajstić information content (AvgIpc) is 2.60. The minimum atomic E-state index is -0.282. The molecule has 0 aromatic heterocycles. The van der Waals surface area contributed by atoms with Crippen LogP contribution in [-0.4, -0.2) is 68.6 Å². The molecular formula is C18H25N5O. The van der Waals surface area contributed by atoms with E-state index in [1.165, 1.54) is 0 Å². The van der Waals surface area contributed by atoms with E-state index in [0.717, 1.165) is 57.3 Å². The first-order valence-corrected chi connectivity index (χ1v) is 8.60. The number of hydrogen-bond donors (Lipinski definition) is 2. The van der Waals surface area contributed by atoms with Crippen LogP contribution in [0, 0.1) is 17.2 Å². The lowest BCUT2D eigenvalue weighted by Gasteiger charge is -2.41. The molecule has 0 unspecified atom stereocenters. The molecule has 0 radical (unpaired) electrons. The first kappa shape index (κ1) is 16.9. The fourth-order valence-corrected chi connectivity index (χ4v) is 3.45. The van der Waals surface area contributed by atoms with E-state index < -0.39 is 0 Å². The molecule has 6 heteroatoms. The summed E-state index contributed by atoms with van der Waals surface area (Å²) in [7, 11) is 1.68. The fraction of sp³-hybridized carbons (Fsp3) is 0.556. The van der Waals surface area contributed by atoms with Crippen molar-refractivity contribution in [2.24, 2.45) is 5.92 Å². The Labute approximate surface area is 143 Å². The first-order chi connectivity index (χ1) is 11.7. The topological polar surface area (TPSA) is 71.4 Å². The number of carbonyl (C=O) groups is 1. The van der Waals surface area contributed by atoms with Crippen LogP contribution >= 0.6 is 0 Å². The second-order valence-electron chi connectivity index (χ2n) is 6.61. The van der Waals surface area contributed by atoms with E-state index in [9.17, 15) is 4.79 Å². The highest BCUT2D eigenvalue weighted by atomic mass is 16.2. The largest absolute Gasteiger partial charge is 0.358 e. The Balaban J connectivity index is 1.65. The smallest absolute Gasteiger partial charge is 0.241 e. The van der Waals surface area contributed by atoms with Crippen LogP contribution in [0.5, 0.6) is 0 Å². The second kappa shape index (κ2) is 7.75. The van der Waals surface area contributed by atoms with Gasteiger partial charge in [-0.05, 0) is 23.6 Å². The van der Waals surface area contributed by atoms with Gasteiger partial charge in [-0.1, -0.05) is 12.1 Å². The standard InChI is InChI=1S/C18H25N5O/c1-20-18(24)17(16-4-2-14(10-19)3-5-16)23-8-6-22(7-9-23)13-15-11-21-12-15/h2-5,15,17,21H,6-9,11-13H2,1H3,(H,20,24)/t17-/m0/s1. The van der Waals surface area contributed by atoms with Gasteiger partial charge in [-0.3, -0.25) is 9.69 Å². The highest BCUT2D eigenvalue weighted by Gasteiger charge is 2.31. The Kier molecular flexibility index (Phi) is 5.46. The zero-order valence-electron chi connectivity index (χ0n) is 14.2. The lowest BCUT2D eigenvalue weighted by Crippen LogP contribution is -2.54. The zero-order chi connectivity index (χ0) is 16.9. The van der Waals surface area contributed by atoms with Crippen LogP contribution in [-0.2, 0) is 4.79 Å². The highest BCUT2D eigenvalue weighted by Crippen LogP contribution is 2.23. The number of nitrogens with zero attached hydrogens (tertiary/aromatic N) is 3. The van der Waals surface area contributed by atoms with Gasteiger partial charge in [0.25, 0.3) is 0 Å². The van der Waals surface area contributed by atoms with Gasteiger partial charge in [0.2, 0.25) is 5.91 Å². The molecule has 1 aromatic rings. The van der Waals surface area contributed by atoms with Crippen molar-refractivity contribution in [3.05, 3.63) is 35.4 Å². The summed E-state index contributed by atoms with van der Waals surface area (Å²) in [6, 6.07) is 9.20. The van der Waals surface area contributed by atoms with Crippen molar-refractivity contribution in [1.29, 1.82) is 5.26 Å². The number of rotatable bonds is 5. The highest BCUT2D eigenvalue weighted by molar-refractivity contribution is 5.83. The summed E-state index contributed by atoms with van der Waals surface area (Å²) in [5.41, 5.74) is 1.57. The number of likely N-dealkylation sites (N-methyl/N-ethyl adjacent to an activating group) is 1. The Morgan fingerprint density at radius 3 is 2.46 bits per heavy atom. The van der Waals surface area contributed by atoms with E-state index in [-0.39, 0.29) is 11.9 Å². The van der Waals surface area contributed by atoms with Gasteiger partial charge in [-0.2, -0.15) is 5.26 Å². The summed E-state index contributed by atoms with van der Waals surface area (Å²) in [4.78, 5) is 17.2. The number of carbonyl (C=O) groups excluding carboxylic acids is 1. The lowest BCUT2D eigenvalue weighted by atomic mass is 10.0. The van der Waals surface area contributed by atoms with Gasteiger partial charge in [-0.25, -0.2) is 0 Å². The van der Waals surface area contributed by atoms with Crippen molar-refractivity contribution in [3.63, 3.8) is 0 Å². The monoisotopic (exact) mass is 327 g/mol. The van der Waals surface area contributed by atoms with Crippen molar-refractivity contribution in [3.8, 4) is 6.07 Å². The third-order valence-corrected chi connectivity index (χ3v) is 5.00. The van der Waals surface area contributed by atoms with Crippen molar-refractivity contribution in [2.45, 2.75) is 6.04 Å². The molecular weight excluding hydrogens is 302 g/mol. The quantitative estimate of drug-likeness (QED) is 0.807. The molecule has 3 rings (SSSR count). The molecule has 2 heterocycles. The molecule has 2 aliphatic heterocycles. The fourth-order valence-electron chi connectivity index (χ4n) is 3.45. The van der Waals surface area contributed by atoms with Crippen LogP contribution in [0.25, 0.3) is 0 Å². The molecule has 128 valence electrons. The summed E-state index contributed by atoms with van der Waals surface area (Å²) in [5.74, 6) is 0.793. The van der Waals surface area contributed by atoms with E-state index in [1.54, 1.807) is 19.2 Å². The number of piperazine rings is 1. The summed E-state index contributed by atoms with van der Waals surface area (Å²) in [6.07, 6.45) is 0. The Hall–Kier alpha value is -1.94. The van der Waals surface area contributed by atoms with Crippen molar-refractivity contribution in [2.75, 3.05) is 52.9 Å². The number of benzene rings is 1. The van der Waals surface area contributed by atoms with Crippen molar-refractivity contribution >= 4 is 5.91 Å². The van der Waals surface area contributed by atoms with Crippen LogP contribution in [0.1, 0.15) is 17.2 Å². The number of hydrogen-bond acceptors (Lipinski definition) is 5. The molecule has 0 bridgehead atoms. The van der Waals surface area contributed by atoms with E-state index in [1.807, 2.05) is 12.1 Å². The predicted octanol–water partition coefficient (Wildman–Crippen LogP) is 0.182. The summed E-state index contributed by atoms with van der Waals surface area (Å²) in [6.45, 7) is 7.19. The summed E-state index contributed by atoms with van der Waals surface area (Å²) in [5, 5.41) is 15.0. The van der Waals surface area contributed by atoms with Gasteiger partial charge in [0.05, 0.1) is 11.6 Å². The van der Waals surface area contributed by atoms with Gasteiger partial charge < -0.3 is 15.5 Å². The Morgan fingerprint density at radius 2 is 1.96 bits per heavy atom. The molecule has 0 saturated carbocycles. The zero-order valence-corrected chi connectivity index (χ0v) is 14.2. The molecule has 2 saturated heterocycles. The molecule has 1 amide bonds. The SMILES string of the molecule is CNC(=O)[C@H](c1ccc(C#N)cc1)N1CCN(CC2CNC2)CC1. The van der Waals surface area contributed by atoms with Gasteiger partial charge >= 0.3 is 0 Å². The third kappa shape index (κ3) is 3.75. The molecule has 0 aliphatic carbocycles. The summed E-state index contributed by atoms with van der Waals surface area (Å²) < 4.78 is 0. The molecule has 0 spiro atoms. The van der Waals surface area contributed by atoms with E-state index in [2.05, 4.69) is 26.5 Å². The van der Waals surface area contributed by atoms with Gasteiger partial charge in [0.15, 0.2) is 0 Å². The molecule has 6 nitrogen and oxygen atoms in total. The lowest BCUT2D eigenvalue weighted by molar-refractivity contribution is -0.127. The number of nitrogens with one attached hydrogen (secondary N) is 2. The van der Waals surface area contributed by atoms with Gasteiger partial charge in [0, 0.05) is 52.9 Å². The number of amides is 1. The maximum Gasteiger partial charge on any atom is 0.241 e. The predicted molar refractivity (Wildman–Crippen MR) is 92.3 cm³/mol. The first-order valence-electron chi connectivity index (χ1n) is 8.60. The van der Waals surface area contributed by atoms with Crippen LogP contribution in [0.3, 0.4) is 0 Å². The van der Waals surface area contributed by atoms with Gasteiger partial charge in [-0.15, -0.1) is 0 Å². The van der Waals surface area contributed by atoms with Crippen LogP contribution in [0.15, 0.2) is 24.3 Å². The molecule has 2 N–H and O–H groups in total. The minimum absolute atomic E-state index is 0.0105. The Bertz CT molecular complexity index is 597. The normalized spacial score (nSPS) is 20.8. The van der Waals surface area contributed by atoms with E-state index in [0.29, 0.717) is 5.56 Å².